The van der Waals surface area contributed by atoms with Gasteiger partial charge in [-0.2, -0.15) is 0 Å². The van der Waals surface area contributed by atoms with Crippen molar-refractivity contribution in [1.29, 1.82) is 0 Å². The van der Waals surface area contributed by atoms with Gasteiger partial charge in [0.25, 0.3) is 0 Å². The number of thioether (sulfide) groups is 1. The molecule has 0 atom stereocenters. The molecule has 4 rings (SSSR count). The number of hydrogen-bond donors (Lipinski definition) is 2. The number of H-pyrrole nitrogens is 1. The Morgan fingerprint density at radius 3 is 2.93 bits per heavy atom. The fraction of sp³-hybridized carbons (Fsp3) is 0.316. The smallest absolute Gasteiger partial charge is 0.222 e. The summed E-state index contributed by atoms with van der Waals surface area (Å²) in [6.45, 7) is 5.88. The molecule has 1 aliphatic rings. The highest BCUT2D eigenvalue weighted by molar-refractivity contribution is 7.98. The molecule has 27 heavy (non-hydrogen) atoms. The van der Waals surface area contributed by atoms with Crippen molar-refractivity contribution in [3.8, 4) is 22.8 Å². The molecule has 1 aliphatic heterocycles. The molecule has 0 saturated carbocycles. The molecule has 2 N–H and O–H groups in total. The van der Waals surface area contributed by atoms with Crippen molar-refractivity contribution in [2.24, 2.45) is 0 Å². The summed E-state index contributed by atoms with van der Waals surface area (Å²) >= 11 is 1.54. The van der Waals surface area contributed by atoms with Crippen LogP contribution in [0.3, 0.4) is 0 Å². The molecule has 3 aromatic heterocycles. The molecular weight excluding hydrogens is 364 g/mol. The Balaban J connectivity index is 1.89. The van der Waals surface area contributed by atoms with Gasteiger partial charge in [0.05, 0.1) is 11.7 Å². The molecule has 0 fully saturated rings. The first kappa shape index (κ1) is 17.7. The van der Waals surface area contributed by atoms with Gasteiger partial charge in [-0.05, 0) is 26.2 Å². The van der Waals surface area contributed by atoms with Gasteiger partial charge in [0.15, 0.2) is 11.5 Å². The van der Waals surface area contributed by atoms with Crippen LogP contribution in [-0.4, -0.2) is 39.3 Å². The van der Waals surface area contributed by atoms with Crippen LogP contribution in [0.4, 0.5) is 5.82 Å². The average Bonchev–Trinajstić information content (AvgIpc) is 3.02. The van der Waals surface area contributed by atoms with Gasteiger partial charge in [0.2, 0.25) is 5.91 Å². The molecular formula is C19H20N4O3S. The van der Waals surface area contributed by atoms with Gasteiger partial charge < -0.3 is 19.8 Å². The van der Waals surface area contributed by atoms with Crippen LogP contribution < -0.4 is 14.8 Å². The molecule has 1 amide bonds. The van der Waals surface area contributed by atoms with E-state index in [1.165, 1.54) is 6.92 Å². The third-order valence-corrected chi connectivity index (χ3v) is 4.83. The topological polar surface area (TPSA) is 89.1 Å². The van der Waals surface area contributed by atoms with Gasteiger partial charge in [-0.3, -0.25) is 4.79 Å². The van der Waals surface area contributed by atoms with E-state index in [0.29, 0.717) is 29.6 Å². The third kappa shape index (κ3) is 3.32. The van der Waals surface area contributed by atoms with Crippen molar-refractivity contribution in [3.05, 3.63) is 24.5 Å². The van der Waals surface area contributed by atoms with Crippen LogP contribution in [0.25, 0.3) is 22.2 Å². The van der Waals surface area contributed by atoms with Crippen LogP contribution in [0.15, 0.2) is 29.6 Å². The molecule has 0 bridgehead atoms. The largest absolute Gasteiger partial charge is 0.483 e. The second kappa shape index (κ2) is 6.45. The van der Waals surface area contributed by atoms with Crippen molar-refractivity contribution >= 4 is 34.4 Å². The van der Waals surface area contributed by atoms with E-state index in [2.05, 4.69) is 15.3 Å². The Morgan fingerprint density at radius 1 is 1.37 bits per heavy atom. The molecule has 0 aromatic carbocycles. The summed E-state index contributed by atoms with van der Waals surface area (Å²) in [5.41, 5.74) is 2.03. The van der Waals surface area contributed by atoms with E-state index >= 15 is 0 Å². The van der Waals surface area contributed by atoms with Crippen molar-refractivity contribution in [2.75, 3.05) is 18.2 Å². The number of amides is 1. The molecule has 7 nitrogen and oxygen atoms in total. The predicted octanol–water partition coefficient (Wildman–Crippen LogP) is 3.86. The van der Waals surface area contributed by atoms with E-state index in [-0.39, 0.29) is 5.91 Å². The number of pyridine rings is 2. The number of aromatic nitrogens is 3. The minimum Gasteiger partial charge on any atom is -0.483 e. The van der Waals surface area contributed by atoms with Crippen LogP contribution in [0, 0.1) is 0 Å². The Morgan fingerprint density at radius 2 is 2.19 bits per heavy atom. The normalized spacial score (nSPS) is 15.0. The quantitative estimate of drug-likeness (QED) is 0.667. The summed E-state index contributed by atoms with van der Waals surface area (Å²) in [6.07, 6.45) is 5.54. The van der Waals surface area contributed by atoms with Gasteiger partial charge in [-0.15, -0.1) is 11.8 Å². The summed E-state index contributed by atoms with van der Waals surface area (Å²) in [5, 5.41) is 4.46. The second-order valence-corrected chi connectivity index (χ2v) is 7.82. The number of carbonyl (C=O) groups is 1. The lowest BCUT2D eigenvalue weighted by Crippen LogP contribution is -2.39. The SMILES string of the molecule is CSc1cc2c(c(-c3c[nH]c4cnc(NC(C)=O)cc34)n1)OCC(C)(C)O2. The summed E-state index contributed by atoms with van der Waals surface area (Å²) in [6, 6.07) is 3.74. The van der Waals surface area contributed by atoms with Gasteiger partial charge in [-0.1, -0.05) is 0 Å². The van der Waals surface area contributed by atoms with Crippen LogP contribution >= 0.6 is 11.8 Å². The monoisotopic (exact) mass is 384 g/mol. The maximum atomic E-state index is 11.4. The molecule has 3 aromatic rings. The van der Waals surface area contributed by atoms with Crippen molar-refractivity contribution in [2.45, 2.75) is 31.4 Å². The standard InChI is InChI=1S/C19H20N4O3S/c1-10(24)22-15-5-11-12(7-20-13(11)8-21-15)17-18-14(6-16(23-17)27-4)26-19(2,3)9-25-18/h5-8,20H,9H2,1-4H3,(H,21,22,24). The predicted molar refractivity (Wildman–Crippen MR) is 106 cm³/mol. The number of nitrogens with one attached hydrogen (secondary N) is 2. The first-order chi connectivity index (χ1) is 12.9. The molecule has 0 saturated heterocycles. The highest BCUT2D eigenvalue weighted by Crippen LogP contribution is 2.45. The lowest BCUT2D eigenvalue weighted by Gasteiger charge is -2.33. The van der Waals surface area contributed by atoms with Crippen LogP contribution in [-0.2, 0) is 4.79 Å². The van der Waals surface area contributed by atoms with Crippen LogP contribution in [0.2, 0.25) is 0 Å². The van der Waals surface area contributed by atoms with Crippen LogP contribution in [0.1, 0.15) is 20.8 Å². The van der Waals surface area contributed by atoms with E-state index in [4.69, 9.17) is 14.5 Å². The number of carbonyl (C=O) groups excluding carboxylic acids is 1. The number of anilines is 1. The molecule has 140 valence electrons. The molecule has 0 spiro atoms. The minimum absolute atomic E-state index is 0.169. The lowest BCUT2D eigenvalue weighted by atomic mass is 10.1. The maximum absolute atomic E-state index is 11.4. The van der Waals surface area contributed by atoms with Crippen molar-refractivity contribution in [1.82, 2.24) is 15.0 Å². The van der Waals surface area contributed by atoms with E-state index in [9.17, 15) is 4.79 Å². The number of nitrogens with zero attached hydrogens (tertiary/aromatic N) is 2. The first-order valence-electron chi connectivity index (χ1n) is 8.52. The number of fused-ring (bicyclic) bond motifs is 2. The van der Waals surface area contributed by atoms with Crippen LogP contribution in [0.5, 0.6) is 11.5 Å². The van der Waals surface area contributed by atoms with E-state index in [1.807, 2.05) is 38.4 Å². The average molecular weight is 384 g/mol. The van der Waals surface area contributed by atoms with E-state index in [0.717, 1.165) is 21.5 Å². The highest BCUT2D eigenvalue weighted by atomic mass is 32.2. The van der Waals surface area contributed by atoms with Gasteiger partial charge in [-0.25, -0.2) is 9.97 Å². The zero-order chi connectivity index (χ0) is 19.2. The van der Waals surface area contributed by atoms with Crippen molar-refractivity contribution in [3.63, 3.8) is 0 Å². The number of hydrogen-bond acceptors (Lipinski definition) is 6. The summed E-state index contributed by atoms with van der Waals surface area (Å²) < 4.78 is 12.2. The highest BCUT2D eigenvalue weighted by Gasteiger charge is 2.31. The fourth-order valence-corrected chi connectivity index (χ4v) is 3.44. The third-order valence-electron chi connectivity index (χ3n) is 4.20. The molecule has 8 heteroatoms. The van der Waals surface area contributed by atoms with E-state index < -0.39 is 5.60 Å². The summed E-state index contributed by atoms with van der Waals surface area (Å²) in [4.78, 5) is 23.6. The molecule has 4 heterocycles. The van der Waals surface area contributed by atoms with E-state index in [1.54, 1.807) is 18.0 Å². The van der Waals surface area contributed by atoms with Gasteiger partial charge in [0, 0.05) is 30.1 Å². The zero-order valence-electron chi connectivity index (χ0n) is 15.5. The number of aromatic amines is 1. The Hall–Kier alpha value is -2.74. The summed E-state index contributed by atoms with van der Waals surface area (Å²) in [7, 11) is 0. The first-order valence-corrected chi connectivity index (χ1v) is 9.75. The van der Waals surface area contributed by atoms with Gasteiger partial charge in [0.1, 0.15) is 28.7 Å². The Bertz CT molecular complexity index is 1040. The summed E-state index contributed by atoms with van der Waals surface area (Å²) in [5.74, 6) is 1.64. The minimum atomic E-state index is -0.399. The molecule has 0 radical (unpaired) electrons. The second-order valence-electron chi connectivity index (χ2n) is 6.99. The number of rotatable bonds is 3. The number of ether oxygens (including phenoxy) is 2. The van der Waals surface area contributed by atoms with Gasteiger partial charge >= 0.3 is 0 Å². The lowest BCUT2D eigenvalue weighted by molar-refractivity contribution is -0.114. The zero-order valence-corrected chi connectivity index (χ0v) is 16.4. The Kier molecular flexibility index (Phi) is 4.22. The molecule has 0 unspecified atom stereocenters. The fourth-order valence-electron chi connectivity index (χ4n) is 3.03. The molecule has 0 aliphatic carbocycles. The van der Waals surface area contributed by atoms with Crippen molar-refractivity contribution < 1.29 is 14.3 Å². The maximum Gasteiger partial charge on any atom is 0.222 e. The Labute approximate surface area is 160 Å².